The van der Waals surface area contributed by atoms with E-state index in [9.17, 15) is 5.11 Å². The molecule has 0 amide bonds. The molecule has 2 aromatic rings. The summed E-state index contributed by atoms with van der Waals surface area (Å²) in [6.45, 7) is 16.5. The van der Waals surface area contributed by atoms with E-state index in [0.717, 1.165) is 38.0 Å². The van der Waals surface area contributed by atoms with Crippen LogP contribution < -0.4 is 5.30 Å². The minimum atomic E-state index is -0.0137. The lowest BCUT2D eigenvalue weighted by Crippen LogP contribution is -2.28. The molecule has 0 radical (unpaired) electrons. The number of nitrogens with zero attached hydrogens (tertiary/aromatic N) is 1. The van der Waals surface area contributed by atoms with Crippen molar-refractivity contribution in [1.82, 2.24) is 4.90 Å². The number of hydrogen-bond donors (Lipinski definition) is 1. The van der Waals surface area contributed by atoms with Crippen molar-refractivity contribution < 1.29 is 5.11 Å². The van der Waals surface area contributed by atoms with Gasteiger partial charge < -0.3 is 5.11 Å². The second-order valence-corrected chi connectivity index (χ2v) is 9.21. The lowest BCUT2D eigenvalue weighted by atomic mass is 9.91. The molecule has 0 bridgehead atoms. The van der Waals surface area contributed by atoms with Gasteiger partial charge in [-0.05, 0) is 62.3 Å². The summed E-state index contributed by atoms with van der Waals surface area (Å²) in [4.78, 5) is 2.48. The van der Waals surface area contributed by atoms with E-state index in [-0.39, 0.29) is 5.16 Å². The zero-order valence-electron chi connectivity index (χ0n) is 17.9. The molecule has 2 rings (SSSR count). The number of benzene rings is 2. The van der Waals surface area contributed by atoms with Gasteiger partial charge in [0.15, 0.2) is 0 Å². The van der Waals surface area contributed by atoms with Gasteiger partial charge >= 0.3 is 0 Å². The van der Waals surface area contributed by atoms with Crippen LogP contribution in [-0.2, 0) is 11.7 Å². The molecule has 0 aliphatic rings. The van der Waals surface area contributed by atoms with E-state index >= 15 is 0 Å². The van der Waals surface area contributed by atoms with Crippen LogP contribution in [0.5, 0.6) is 5.75 Å². The third-order valence-corrected chi connectivity index (χ3v) is 8.31. The number of aromatic hydroxyl groups is 1. The van der Waals surface area contributed by atoms with Gasteiger partial charge in [0.2, 0.25) is 0 Å². The number of hydrogen-bond acceptors (Lipinski definition) is 2. The summed E-state index contributed by atoms with van der Waals surface area (Å²) in [5.74, 6) is 0.440. The Balaban J connectivity index is 2.52. The second-order valence-electron chi connectivity index (χ2n) is 7.51. The smallest absolute Gasteiger partial charge is 0.119 e. The lowest BCUT2D eigenvalue weighted by molar-refractivity contribution is 0.296. The second kappa shape index (κ2) is 9.71. The number of phenolic OH excluding ortho intramolecular Hbond substituents is 1. The first kappa shape index (κ1) is 21.9. The zero-order valence-corrected chi connectivity index (χ0v) is 18.9. The molecule has 148 valence electrons. The van der Waals surface area contributed by atoms with Gasteiger partial charge in [-0.25, -0.2) is 0 Å². The van der Waals surface area contributed by atoms with E-state index in [4.69, 9.17) is 0 Å². The van der Waals surface area contributed by atoms with Crippen molar-refractivity contribution in [3.05, 3.63) is 58.7 Å². The van der Waals surface area contributed by atoms with Gasteiger partial charge in [-0.1, -0.05) is 72.2 Å². The van der Waals surface area contributed by atoms with Crippen molar-refractivity contribution >= 4 is 13.9 Å². The molecule has 1 N–H and O–H groups in total. The van der Waals surface area contributed by atoms with Crippen molar-refractivity contribution in [2.24, 2.45) is 0 Å². The normalized spacial score (nSPS) is 12.4. The van der Waals surface area contributed by atoms with Crippen molar-refractivity contribution in [2.75, 3.05) is 13.1 Å². The van der Waals surface area contributed by atoms with E-state index < -0.39 is 0 Å². The summed E-state index contributed by atoms with van der Waals surface area (Å²) in [5.41, 5.74) is 5.14. The first-order chi connectivity index (χ1) is 12.9. The van der Waals surface area contributed by atoms with Gasteiger partial charge in [0.1, 0.15) is 5.75 Å². The van der Waals surface area contributed by atoms with Crippen LogP contribution in [0.1, 0.15) is 62.8 Å². The van der Waals surface area contributed by atoms with E-state index in [1.807, 2.05) is 12.1 Å². The SMILES string of the molecule is CCN(CC)Cc1cccc(C)c1PC(CC)(CC)c1cc(C)ccc1O. The van der Waals surface area contributed by atoms with Crippen LogP contribution in [-0.4, -0.2) is 23.1 Å². The molecule has 0 fully saturated rings. The average molecular weight is 386 g/mol. The molecular weight excluding hydrogens is 349 g/mol. The minimum Gasteiger partial charge on any atom is -0.508 e. The summed E-state index contributed by atoms with van der Waals surface area (Å²) in [6.07, 6.45) is 2.05. The van der Waals surface area contributed by atoms with Gasteiger partial charge in [0, 0.05) is 17.3 Å². The Hall–Kier alpha value is -1.37. The van der Waals surface area contributed by atoms with Crippen LogP contribution in [0.15, 0.2) is 36.4 Å². The number of phenols is 1. The maximum atomic E-state index is 10.7. The molecule has 1 atom stereocenters. The van der Waals surface area contributed by atoms with Crippen LogP contribution in [0.2, 0.25) is 0 Å². The molecular formula is C24H36NOP. The predicted octanol–water partition coefficient (Wildman–Crippen LogP) is 5.87. The molecule has 3 heteroatoms. The molecule has 0 saturated carbocycles. The molecule has 0 spiro atoms. The average Bonchev–Trinajstić information content (AvgIpc) is 2.68. The first-order valence-electron chi connectivity index (χ1n) is 10.3. The molecule has 1 unspecified atom stereocenters. The standard InChI is InChI=1S/C24H36NOP/c1-7-24(8-2,21-16-18(5)14-15-22(21)26)27-23-19(6)12-11-13-20(23)17-25(9-3)10-4/h11-16,26-27H,7-10,17H2,1-6H3. The maximum Gasteiger partial charge on any atom is 0.119 e. The Kier molecular flexibility index (Phi) is 7.89. The fourth-order valence-electron chi connectivity index (χ4n) is 3.87. The van der Waals surface area contributed by atoms with E-state index in [1.54, 1.807) is 0 Å². The summed E-state index contributed by atoms with van der Waals surface area (Å²) in [5, 5.41) is 12.1. The third kappa shape index (κ3) is 4.92. The summed E-state index contributed by atoms with van der Waals surface area (Å²) in [7, 11) is 0.649. The van der Waals surface area contributed by atoms with Gasteiger partial charge in [0.05, 0.1) is 0 Å². The van der Waals surface area contributed by atoms with Crippen LogP contribution in [0, 0.1) is 13.8 Å². The van der Waals surface area contributed by atoms with Crippen LogP contribution in [0.4, 0.5) is 0 Å². The van der Waals surface area contributed by atoms with Crippen LogP contribution in [0.3, 0.4) is 0 Å². The van der Waals surface area contributed by atoms with Crippen LogP contribution in [0.25, 0.3) is 0 Å². The molecule has 0 heterocycles. The van der Waals surface area contributed by atoms with E-state index in [1.165, 1.54) is 22.0 Å². The molecule has 0 saturated heterocycles. The highest BCUT2D eigenvalue weighted by Gasteiger charge is 2.32. The quantitative estimate of drug-likeness (QED) is 0.546. The van der Waals surface area contributed by atoms with Gasteiger partial charge in [-0.15, -0.1) is 0 Å². The fourth-order valence-corrected chi connectivity index (χ4v) is 5.65. The number of rotatable bonds is 9. The highest BCUT2D eigenvalue weighted by molar-refractivity contribution is 7.48. The highest BCUT2D eigenvalue weighted by Crippen LogP contribution is 2.50. The summed E-state index contributed by atoms with van der Waals surface area (Å²) >= 11 is 0. The fraction of sp³-hybridized carbons (Fsp3) is 0.500. The van der Waals surface area contributed by atoms with Crippen LogP contribution >= 0.6 is 8.58 Å². The Morgan fingerprint density at radius 3 is 2.22 bits per heavy atom. The zero-order chi connectivity index (χ0) is 20.0. The van der Waals surface area contributed by atoms with Gasteiger partial charge in [0.25, 0.3) is 0 Å². The van der Waals surface area contributed by atoms with Crippen molar-refractivity contribution in [3.8, 4) is 5.75 Å². The van der Waals surface area contributed by atoms with Crippen molar-refractivity contribution in [3.63, 3.8) is 0 Å². The van der Waals surface area contributed by atoms with Crippen molar-refractivity contribution in [2.45, 2.75) is 66.1 Å². The summed E-state index contributed by atoms with van der Waals surface area (Å²) < 4.78 is 0. The Labute approximate surface area is 167 Å². The number of aryl methyl sites for hydroxylation is 2. The predicted molar refractivity (Wildman–Crippen MR) is 121 cm³/mol. The van der Waals surface area contributed by atoms with Gasteiger partial charge in [-0.2, -0.15) is 0 Å². The molecule has 27 heavy (non-hydrogen) atoms. The lowest BCUT2D eigenvalue weighted by Gasteiger charge is -2.35. The molecule has 0 aliphatic carbocycles. The largest absolute Gasteiger partial charge is 0.508 e. The monoisotopic (exact) mass is 385 g/mol. The third-order valence-electron chi connectivity index (χ3n) is 5.89. The minimum absolute atomic E-state index is 0.0137. The highest BCUT2D eigenvalue weighted by atomic mass is 31.1. The van der Waals surface area contributed by atoms with E-state index in [0.29, 0.717) is 14.3 Å². The topological polar surface area (TPSA) is 23.5 Å². The first-order valence-corrected chi connectivity index (χ1v) is 11.3. The summed E-state index contributed by atoms with van der Waals surface area (Å²) in [6, 6.07) is 12.8. The molecule has 0 aliphatic heterocycles. The molecule has 2 nitrogen and oxygen atoms in total. The Bertz CT molecular complexity index is 748. The maximum absolute atomic E-state index is 10.7. The van der Waals surface area contributed by atoms with Gasteiger partial charge in [-0.3, -0.25) is 4.90 Å². The Morgan fingerprint density at radius 1 is 0.963 bits per heavy atom. The molecule has 0 aromatic heterocycles. The Morgan fingerprint density at radius 2 is 1.63 bits per heavy atom. The van der Waals surface area contributed by atoms with E-state index in [2.05, 4.69) is 70.7 Å². The van der Waals surface area contributed by atoms with Crippen molar-refractivity contribution in [1.29, 1.82) is 0 Å². The molecule has 2 aromatic carbocycles.